The maximum Gasteiger partial charge on any atom is 0.337 e. The van der Waals surface area contributed by atoms with Crippen LogP contribution in [0.3, 0.4) is 0 Å². The van der Waals surface area contributed by atoms with Crippen LogP contribution in [0.15, 0.2) is 47.4 Å². The molecule has 8 heteroatoms. The molecule has 2 aromatic carbocycles. The minimum Gasteiger partial charge on any atom is -0.496 e. The number of methoxy groups -OCH3 is 2. The third kappa shape index (κ3) is 4.83. The zero-order valence-electron chi connectivity index (χ0n) is 17.6. The van der Waals surface area contributed by atoms with Crippen molar-refractivity contribution >= 4 is 16.0 Å². The lowest BCUT2D eigenvalue weighted by Crippen LogP contribution is -2.37. The van der Waals surface area contributed by atoms with Crippen LogP contribution in [0.1, 0.15) is 40.4 Å². The van der Waals surface area contributed by atoms with Crippen LogP contribution in [0.25, 0.3) is 0 Å². The lowest BCUT2D eigenvalue weighted by Gasteiger charge is -2.29. The first kappa shape index (κ1) is 22.3. The monoisotopic (exact) mass is 432 g/mol. The van der Waals surface area contributed by atoms with Crippen molar-refractivity contribution in [1.29, 1.82) is 0 Å². The molecule has 3 rings (SSSR count). The van der Waals surface area contributed by atoms with Gasteiger partial charge >= 0.3 is 5.97 Å². The number of ether oxygens (including phenoxy) is 2. The van der Waals surface area contributed by atoms with Gasteiger partial charge in [-0.1, -0.05) is 24.3 Å². The third-order valence-corrected chi connectivity index (χ3v) is 7.01. The van der Waals surface area contributed by atoms with Crippen LogP contribution in [0, 0.1) is 6.92 Å². The number of likely N-dealkylation sites (tertiary alicyclic amines) is 1. The number of aryl methyl sites for hydroxylation is 1. The standard InChI is InChI=1S/C22H28N2O5S/c1-16-10-11-17(22(25)29-3)14-21(16)30(26,27)23-15-19(24-12-6-7-13-24)18-8-4-5-9-20(18)28-2/h4-5,8-11,14,19,23H,6-7,12-13,15H2,1-3H3. The first-order valence-electron chi connectivity index (χ1n) is 9.93. The summed E-state index contributed by atoms with van der Waals surface area (Å²) < 4.78 is 39.2. The number of sulfonamides is 1. The van der Waals surface area contributed by atoms with E-state index in [1.165, 1.54) is 13.2 Å². The SMILES string of the molecule is COC(=O)c1ccc(C)c(S(=O)(=O)NCC(c2ccccc2OC)N2CCCC2)c1. The maximum absolute atomic E-state index is 13.1. The molecule has 7 nitrogen and oxygen atoms in total. The van der Waals surface area contributed by atoms with E-state index in [1.807, 2.05) is 24.3 Å². The van der Waals surface area contributed by atoms with Gasteiger partial charge in [-0.25, -0.2) is 17.9 Å². The molecule has 1 fully saturated rings. The highest BCUT2D eigenvalue weighted by molar-refractivity contribution is 7.89. The smallest absolute Gasteiger partial charge is 0.337 e. The Balaban J connectivity index is 1.89. The minimum absolute atomic E-state index is 0.0746. The van der Waals surface area contributed by atoms with Crippen molar-refractivity contribution in [3.63, 3.8) is 0 Å². The molecule has 0 bridgehead atoms. The van der Waals surface area contributed by atoms with Crippen LogP contribution in [-0.4, -0.2) is 53.1 Å². The third-order valence-electron chi connectivity index (χ3n) is 5.44. The van der Waals surface area contributed by atoms with Gasteiger partial charge in [0, 0.05) is 12.1 Å². The van der Waals surface area contributed by atoms with Crippen molar-refractivity contribution in [1.82, 2.24) is 9.62 Å². The van der Waals surface area contributed by atoms with E-state index < -0.39 is 16.0 Å². The molecular formula is C22H28N2O5S. The zero-order chi connectivity index (χ0) is 21.7. The molecule has 0 spiro atoms. The van der Waals surface area contributed by atoms with Gasteiger partial charge in [0.05, 0.1) is 30.7 Å². The molecule has 162 valence electrons. The molecule has 1 heterocycles. The molecule has 2 aromatic rings. The Morgan fingerprint density at radius 3 is 2.50 bits per heavy atom. The lowest BCUT2D eigenvalue weighted by molar-refractivity contribution is 0.0600. The number of benzene rings is 2. The number of hydrogen-bond donors (Lipinski definition) is 1. The Morgan fingerprint density at radius 2 is 1.83 bits per heavy atom. The van der Waals surface area contributed by atoms with Crippen molar-refractivity contribution in [2.75, 3.05) is 33.9 Å². The predicted molar refractivity (Wildman–Crippen MR) is 114 cm³/mol. The van der Waals surface area contributed by atoms with E-state index in [0.717, 1.165) is 37.2 Å². The summed E-state index contributed by atoms with van der Waals surface area (Å²) in [5.74, 6) is 0.160. The van der Waals surface area contributed by atoms with Gasteiger partial charge in [-0.05, 0) is 56.6 Å². The average molecular weight is 433 g/mol. The molecule has 1 aliphatic rings. The number of hydrogen-bond acceptors (Lipinski definition) is 6. The van der Waals surface area contributed by atoms with E-state index in [2.05, 4.69) is 9.62 Å². The lowest BCUT2D eigenvalue weighted by atomic mass is 10.0. The first-order valence-corrected chi connectivity index (χ1v) is 11.4. The van der Waals surface area contributed by atoms with Crippen molar-refractivity contribution in [3.05, 3.63) is 59.2 Å². The number of nitrogens with one attached hydrogen (secondary N) is 1. The molecule has 0 saturated carbocycles. The van der Waals surface area contributed by atoms with E-state index in [0.29, 0.717) is 5.56 Å². The fourth-order valence-electron chi connectivity index (χ4n) is 3.83. The summed E-state index contributed by atoms with van der Waals surface area (Å²) in [4.78, 5) is 14.2. The van der Waals surface area contributed by atoms with E-state index >= 15 is 0 Å². The summed E-state index contributed by atoms with van der Waals surface area (Å²) in [5.41, 5.74) is 1.71. The van der Waals surface area contributed by atoms with Crippen LogP contribution >= 0.6 is 0 Å². The first-order chi connectivity index (χ1) is 14.4. The van der Waals surface area contributed by atoms with Gasteiger partial charge in [0.25, 0.3) is 0 Å². The van der Waals surface area contributed by atoms with E-state index in [4.69, 9.17) is 9.47 Å². The highest BCUT2D eigenvalue weighted by Crippen LogP contribution is 2.31. The second kappa shape index (κ2) is 9.59. The van der Waals surface area contributed by atoms with Crippen molar-refractivity contribution in [2.45, 2.75) is 30.7 Å². The summed E-state index contributed by atoms with van der Waals surface area (Å²) in [7, 11) is -0.949. The Kier molecular flexibility index (Phi) is 7.12. The Labute approximate surface area is 178 Å². The highest BCUT2D eigenvalue weighted by Gasteiger charge is 2.28. The second-order valence-corrected chi connectivity index (χ2v) is 9.06. The van der Waals surface area contributed by atoms with Gasteiger partial charge < -0.3 is 9.47 Å². The topological polar surface area (TPSA) is 84.9 Å². The normalized spacial score (nSPS) is 15.7. The van der Waals surface area contributed by atoms with E-state index in [1.54, 1.807) is 26.2 Å². The molecule has 1 N–H and O–H groups in total. The summed E-state index contributed by atoms with van der Waals surface area (Å²) in [6.07, 6.45) is 2.16. The number of carbonyl (C=O) groups excluding carboxylic acids is 1. The van der Waals surface area contributed by atoms with Gasteiger partial charge in [0.1, 0.15) is 5.75 Å². The predicted octanol–water partition coefficient (Wildman–Crippen LogP) is 2.91. The summed E-state index contributed by atoms with van der Waals surface area (Å²) in [6.45, 7) is 3.71. The molecule has 0 aliphatic carbocycles. The summed E-state index contributed by atoms with van der Waals surface area (Å²) in [6, 6.07) is 12.1. The van der Waals surface area contributed by atoms with Gasteiger partial charge in [-0.2, -0.15) is 0 Å². The van der Waals surface area contributed by atoms with Crippen LogP contribution < -0.4 is 9.46 Å². The Hall–Kier alpha value is -2.42. The number of nitrogens with zero attached hydrogens (tertiary/aromatic N) is 1. The van der Waals surface area contributed by atoms with E-state index in [-0.39, 0.29) is 23.0 Å². The van der Waals surface area contributed by atoms with Crippen molar-refractivity contribution in [3.8, 4) is 5.75 Å². The van der Waals surface area contributed by atoms with Gasteiger partial charge in [0.15, 0.2) is 0 Å². The molecule has 1 saturated heterocycles. The average Bonchev–Trinajstić information content (AvgIpc) is 3.28. The van der Waals surface area contributed by atoms with Gasteiger partial charge in [0.2, 0.25) is 10.0 Å². The van der Waals surface area contributed by atoms with Crippen LogP contribution in [0.2, 0.25) is 0 Å². The summed E-state index contributed by atoms with van der Waals surface area (Å²) in [5, 5.41) is 0. The fraction of sp³-hybridized carbons (Fsp3) is 0.409. The second-order valence-electron chi connectivity index (χ2n) is 7.32. The molecule has 0 aromatic heterocycles. The van der Waals surface area contributed by atoms with Crippen molar-refractivity contribution < 1.29 is 22.7 Å². The fourth-order valence-corrected chi connectivity index (χ4v) is 5.14. The maximum atomic E-state index is 13.1. The molecule has 1 aliphatic heterocycles. The molecular weight excluding hydrogens is 404 g/mol. The van der Waals surface area contributed by atoms with Crippen molar-refractivity contribution in [2.24, 2.45) is 0 Å². The quantitative estimate of drug-likeness (QED) is 0.646. The minimum atomic E-state index is -3.83. The highest BCUT2D eigenvalue weighted by atomic mass is 32.2. The van der Waals surface area contributed by atoms with Crippen LogP contribution in [0.4, 0.5) is 0 Å². The molecule has 1 atom stereocenters. The van der Waals surface area contributed by atoms with Gasteiger partial charge in [-0.3, -0.25) is 4.90 Å². The number of carbonyl (C=O) groups is 1. The largest absolute Gasteiger partial charge is 0.496 e. The summed E-state index contributed by atoms with van der Waals surface area (Å²) >= 11 is 0. The number of rotatable bonds is 8. The molecule has 0 radical (unpaired) electrons. The Morgan fingerprint density at radius 1 is 1.13 bits per heavy atom. The molecule has 1 unspecified atom stereocenters. The zero-order valence-corrected chi connectivity index (χ0v) is 18.4. The van der Waals surface area contributed by atoms with Crippen LogP contribution in [0.5, 0.6) is 5.75 Å². The number of esters is 1. The Bertz CT molecular complexity index is 1000. The van der Waals surface area contributed by atoms with Gasteiger partial charge in [-0.15, -0.1) is 0 Å². The number of para-hydroxylation sites is 1. The van der Waals surface area contributed by atoms with Crippen LogP contribution in [-0.2, 0) is 14.8 Å². The molecule has 30 heavy (non-hydrogen) atoms. The van der Waals surface area contributed by atoms with E-state index in [9.17, 15) is 13.2 Å². The molecule has 0 amide bonds.